The van der Waals surface area contributed by atoms with Gasteiger partial charge in [0.2, 0.25) is 5.95 Å². The topological polar surface area (TPSA) is 65.4 Å². The third-order valence-electron chi connectivity index (χ3n) is 5.22. The molecule has 2 aromatic rings. The molecule has 2 unspecified atom stereocenters. The van der Waals surface area contributed by atoms with Crippen molar-refractivity contribution in [2.24, 2.45) is 4.99 Å². The molecule has 4 heterocycles. The molecule has 1 aromatic carbocycles. The van der Waals surface area contributed by atoms with Crippen LogP contribution >= 0.6 is 0 Å². The lowest BCUT2D eigenvalue weighted by molar-refractivity contribution is 0.564. The lowest BCUT2D eigenvalue weighted by atomic mass is 10.1. The van der Waals surface area contributed by atoms with Gasteiger partial charge in [-0.1, -0.05) is 6.07 Å². The van der Waals surface area contributed by atoms with Crippen LogP contribution in [-0.4, -0.2) is 41.4 Å². The number of aromatic nitrogens is 2. The summed E-state index contributed by atoms with van der Waals surface area (Å²) in [5.41, 5.74) is 3.43. The minimum absolute atomic E-state index is 0.230. The monoisotopic (exact) mass is 338 g/mol. The molecule has 0 amide bonds. The van der Waals surface area contributed by atoms with E-state index in [4.69, 9.17) is 0 Å². The molecular weight excluding hydrogens is 319 g/mol. The molecule has 1 aromatic heterocycles. The van der Waals surface area contributed by atoms with E-state index in [0.29, 0.717) is 30.3 Å². The van der Waals surface area contributed by atoms with Crippen LogP contribution in [-0.2, 0) is 6.54 Å². The molecule has 3 aliphatic heterocycles. The average molecular weight is 338 g/mol. The van der Waals surface area contributed by atoms with Crippen molar-refractivity contribution in [3.8, 4) is 0 Å². The predicted molar refractivity (Wildman–Crippen MR) is 95.3 cm³/mol. The summed E-state index contributed by atoms with van der Waals surface area (Å²) in [7, 11) is 0. The number of piperazine rings is 1. The zero-order valence-corrected chi connectivity index (χ0v) is 14.0. The van der Waals surface area contributed by atoms with E-state index in [1.54, 1.807) is 6.92 Å². The first-order valence-electron chi connectivity index (χ1n) is 8.61. The Hall–Kier alpha value is -2.54. The standard InChI is InChI=1S/C18H19FN6/c1-10-16(19)17(23-13-3-2-11-6-20-7-12(11)4-13)24-18(22-10)25-9-14-5-15(25)8-21-14/h2-4,7,14-15,21H,5-6,8-9H2,1H3,(H,22,23,24). The second-order valence-electron chi connectivity index (χ2n) is 6.93. The van der Waals surface area contributed by atoms with E-state index in [1.165, 1.54) is 5.56 Å². The number of nitrogens with zero attached hydrogens (tertiary/aromatic N) is 4. The van der Waals surface area contributed by atoms with Crippen molar-refractivity contribution in [2.75, 3.05) is 23.3 Å². The zero-order chi connectivity index (χ0) is 17.0. The Labute approximate surface area is 145 Å². The number of benzene rings is 1. The first kappa shape index (κ1) is 14.8. The van der Waals surface area contributed by atoms with Crippen molar-refractivity contribution in [1.82, 2.24) is 15.3 Å². The first-order chi connectivity index (χ1) is 12.2. The summed E-state index contributed by atoms with van der Waals surface area (Å²) in [6, 6.07) is 6.82. The molecule has 5 rings (SSSR count). The van der Waals surface area contributed by atoms with E-state index in [1.807, 2.05) is 24.4 Å². The molecule has 2 saturated heterocycles. The minimum atomic E-state index is -0.402. The van der Waals surface area contributed by atoms with Gasteiger partial charge in [0.05, 0.1) is 12.2 Å². The number of aliphatic imine (C=N–C) groups is 1. The number of nitrogens with one attached hydrogen (secondary N) is 2. The molecule has 2 N–H and O–H groups in total. The normalized spacial score (nSPS) is 23.4. The Bertz CT molecular complexity index is 880. The fourth-order valence-electron chi connectivity index (χ4n) is 3.88. The lowest BCUT2D eigenvalue weighted by Crippen LogP contribution is -2.44. The Morgan fingerprint density at radius 1 is 1.32 bits per heavy atom. The molecule has 0 aliphatic carbocycles. The number of hydrogen-bond donors (Lipinski definition) is 2. The molecule has 6 nitrogen and oxygen atoms in total. The smallest absolute Gasteiger partial charge is 0.228 e. The highest BCUT2D eigenvalue weighted by Gasteiger charge is 2.39. The third kappa shape index (κ3) is 2.46. The number of fused-ring (bicyclic) bond motifs is 3. The quantitative estimate of drug-likeness (QED) is 0.898. The van der Waals surface area contributed by atoms with Crippen LogP contribution < -0.4 is 15.5 Å². The Kier molecular flexibility index (Phi) is 3.24. The highest BCUT2D eigenvalue weighted by molar-refractivity contribution is 5.86. The van der Waals surface area contributed by atoms with Gasteiger partial charge in [0.15, 0.2) is 11.6 Å². The molecule has 7 heteroatoms. The molecule has 0 radical (unpaired) electrons. The molecule has 2 atom stereocenters. The maximum absolute atomic E-state index is 14.6. The van der Waals surface area contributed by atoms with Gasteiger partial charge >= 0.3 is 0 Å². The molecule has 3 aliphatic rings. The lowest BCUT2D eigenvalue weighted by Gasteiger charge is -2.28. The summed E-state index contributed by atoms with van der Waals surface area (Å²) < 4.78 is 14.6. The van der Waals surface area contributed by atoms with Gasteiger partial charge in [-0.2, -0.15) is 4.98 Å². The number of rotatable bonds is 3. The summed E-state index contributed by atoms with van der Waals surface area (Å²) in [6.07, 6.45) is 2.95. The van der Waals surface area contributed by atoms with Gasteiger partial charge in [0.1, 0.15) is 0 Å². The second-order valence-corrected chi connectivity index (χ2v) is 6.93. The highest BCUT2D eigenvalue weighted by Crippen LogP contribution is 2.30. The fraction of sp³-hybridized carbons (Fsp3) is 0.389. The van der Waals surface area contributed by atoms with E-state index in [2.05, 4.69) is 30.5 Å². The van der Waals surface area contributed by atoms with Crippen molar-refractivity contribution in [3.63, 3.8) is 0 Å². The summed E-state index contributed by atoms with van der Waals surface area (Å²) in [6.45, 7) is 4.22. The van der Waals surface area contributed by atoms with Gasteiger partial charge in [-0.15, -0.1) is 0 Å². The maximum Gasteiger partial charge on any atom is 0.228 e. The summed E-state index contributed by atoms with van der Waals surface area (Å²) in [5, 5.41) is 6.58. The zero-order valence-electron chi connectivity index (χ0n) is 14.0. The van der Waals surface area contributed by atoms with E-state index < -0.39 is 5.82 Å². The first-order valence-corrected chi connectivity index (χ1v) is 8.61. The van der Waals surface area contributed by atoms with Crippen LogP contribution in [0.25, 0.3) is 0 Å². The molecule has 2 fully saturated rings. The molecule has 0 saturated carbocycles. The maximum atomic E-state index is 14.6. The molecule has 2 bridgehead atoms. The Balaban J connectivity index is 1.47. The Morgan fingerprint density at radius 3 is 3.04 bits per heavy atom. The van der Waals surface area contributed by atoms with Crippen molar-refractivity contribution >= 4 is 23.7 Å². The van der Waals surface area contributed by atoms with Crippen LogP contribution in [0.2, 0.25) is 0 Å². The third-order valence-corrected chi connectivity index (χ3v) is 5.22. The average Bonchev–Trinajstić information content (AvgIpc) is 3.34. The predicted octanol–water partition coefficient (Wildman–Crippen LogP) is 2.15. The minimum Gasteiger partial charge on any atom is -0.338 e. The van der Waals surface area contributed by atoms with Gasteiger partial charge in [-0.3, -0.25) is 4.99 Å². The number of anilines is 3. The Morgan fingerprint density at radius 2 is 2.24 bits per heavy atom. The van der Waals surface area contributed by atoms with Gasteiger partial charge in [0.25, 0.3) is 0 Å². The van der Waals surface area contributed by atoms with E-state index in [-0.39, 0.29) is 5.82 Å². The van der Waals surface area contributed by atoms with Gasteiger partial charge in [-0.05, 0) is 36.6 Å². The van der Waals surface area contributed by atoms with Crippen molar-refractivity contribution in [1.29, 1.82) is 0 Å². The number of hydrogen-bond acceptors (Lipinski definition) is 6. The SMILES string of the molecule is Cc1nc(N2CC3CC2CN3)nc(Nc2ccc3c(c2)C=NC3)c1F. The van der Waals surface area contributed by atoms with Crippen LogP contribution in [0, 0.1) is 12.7 Å². The van der Waals surface area contributed by atoms with Crippen LogP contribution in [0.5, 0.6) is 0 Å². The highest BCUT2D eigenvalue weighted by atomic mass is 19.1. The molecule has 25 heavy (non-hydrogen) atoms. The van der Waals surface area contributed by atoms with Crippen LogP contribution in [0.3, 0.4) is 0 Å². The largest absolute Gasteiger partial charge is 0.338 e. The van der Waals surface area contributed by atoms with Crippen LogP contribution in [0.15, 0.2) is 23.2 Å². The molecular formula is C18H19FN6. The second kappa shape index (κ2) is 5.49. The molecule has 128 valence electrons. The van der Waals surface area contributed by atoms with Crippen LogP contribution in [0.4, 0.5) is 21.8 Å². The summed E-state index contributed by atoms with van der Waals surface area (Å²) in [4.78, 5) is 15.3. The fourth-order valence-corrected chi connectivity index (χ4v) is 3.88. The van der Waals surface area contributed by atoms with Crippen LogP contribution in [0.1, 0.15) is 23.2 Å². The van der Waals surface area contributed by atoms with Gasteiger partial charge in [-0.25, -0.2) is 9.37 Å². The van der Waals surface area contributed by atoms with E-state index >= 15 is 0 Å². The van der Waals surface area contributed by atoms with Gasteiger partial charge < -0.3 is 15.5 Å². The number of halogens is 1. The molecule has 0 spiro atoms. The van der Waals surface area contributed by atoms with E-state index in [0.717, 1.165) is 30.8 Å². The summed E-state index contributed by atoms with van der Waals surface area (Å²) >= 11 is 0. The van der Waals surface area contributed by atoms with Gasteiger partial charge in [0, 0.05) is 37.1 Å². The van der Waals surface area contributed by atoms with Crippen molar-refractivity contribution in [3.05, 3.63) is 40.8 Å². The van der Waals surface area contributed by atoms with Crippen molar-refractivity contribution in [2.45, 2.75) is 32.0 Å². The number of aryl methyl sites for hydroxylation is 1. The summed E-state index contributed by atoms with van der Waals surface area (Å²) in [5.74, 6) is 0.437. The van der Waals surface area contributed by atoms with Crippen molar-refractivity contribution < 1.29 is 4.39 Å². The van der Waals surface area contributed by atoms with E-state index in [9.17, 15) is 4.39 Å².